The van der Waals surface area contributed by atoms with Crippen molar-refractivity contribution in [2.24, 2.45) is 0 Å². The molecule has 3 aromatic carbocycles. The van der Waals surface area contributed by atoms with E-state index in [2.05, 4.69) is 22.0 Å². The van der Waals surface area contributed by atoms with Gasteiger partial charge in [0.15, 0.2) is 0 Å². The van der Waals surface area contributed by atoms with Gasteiger partial charge in [0, 0.05) is 10.0 Å². The fraction of sp³-hybridized carbons (Fsp3) is 0.0455. The topological polar surface area (TPSA) is 67.9 Å². The van der Waals surface area contributed by atoms with Gasteiger partial charge in [0.05, 0.1) is 17.8 Å². The zero-order chi connectivity index (χ0) is 19.0. The minimum atomic E-state index is -0.325. The summed E-state index contributed by atoms with van der Waals surface area (Å²) in [5.41, 5.74) is 2.28. The first-order valence-corrected chi connectivity index (χ1v) is 9.05. The van der Waals surface area contributed by atoms with Crippen LogP contribution >= 0.6 is 15.9 Å². The van der Waals surface area contributed by atoms with Crippen LogP contribution in [0.2, 0.25) is 0 Å². The van der Waals surface area contributed by atoms with E-state index >= 15 is 0 Å². The molecule has 27 heavy (non-hydrogen) atoms. The summed E-state index contributed by atoms with van der Waals surface area (Å²) in [4.78, 5) is 14.7. The Morgan fingerprint density at radius 1 is 0.963 bits per heavy atom. The van der Waals surface area contributed by atoms with E-state index in [0.29, 0.717) is 17.8 Å². The highest BCUT2D eigenvalue weighted by Gasteiger charge is 2.35. The summed E-state index contributed by atoms with van der Waals surface area (Å²) in [6.07, 6.45) is 0. The summed E-state index contributed by atoms with van der Waals surface area (Å²) in [5.74, 6) is -0.325. The molecule has 0 unspecified atom stereocenters. The molecule has 0 N–H and O–H groups in total. The van der Waals surface area contributed by atoms with Gasteiger partial charge in [-0.1, -0.05) is 52.3 Å². The molecule has 1 aliphatic rings. The molecular weight excluding hydrogens is 402 g/mol. The van der Waals surface area contributed by atoms with E-state index in [-0.39, 0.29) is 17.1 Å². The van der Waals surface area contributed by atoms with Gasteiger partial charge in [-0.15, -0.1) is 0 Å². The van der Waals surface area contributed by atoms with Crippen molar-refractivity contribution in [3.63, 3.8) is 0 Å². The lowest BCUT2D eigenvalue weighted by Crippen LogP contribution is -2.26. The largest absolute Gasteiger partial charge is 0.303 e. The predicted molar refractivity (Wildman–Crippen MR) is 107 cm³/mol. The van der Waals surface area contributed by atoms with E-state index in [1.165, 1.54) is 0 Å². The van der Waals surface area contributed by atoms with Crippen molar-refractivity contribution in [3.05, 3.63) is 81.8 Å². The number of nitriles is 2. The third kappa shape index (κ3) is 2.89. The number of amides is 1. The standard InChI is InChI=1S/C22H12BrN3O/c23-18-7-8-20-19(10-18)21(17(11-24)12-25)22(27)26(20)13-14-5-6-15-3-1-2-4-16(15)9-14/h1-10H,13H2. The molecule has 128 valence electrons. The van der Waals surface area contributed by atoms with Crippen molar-refractivity contribution < 1.29 is 4.79 Å². The highest BCUT2D eigenvalue weighted by atomic mass is 79.9. The maximum atomic E-state index is 13.1. The zero-order valence-electron chi connectivity index (χ0n) is 14.1. The van der Waals surface area contributed by atoms with Crippen molar-refractivity contribution in [2.45, 2.75) is 6.54 Å². The fourth-order valence-electron chi connectivity index (χ4n) is 3.36. The minimum Gasteiger partial charge on any atom is -0.303 e. The lowest BCUT2D eigenvalue weighted by atomic mass is 10.0. The van der Waals surface area contributed by atoms with E-state index < -0.39 is 0 Å². The van der Waals surface area contributed by atoms with Crippen LogP contribution in [0.4, 0.5) is 5.69 Å². The Labute approximate surface area is 164 Å². The van der Waals surface area contributed by atoms with Crippen LogP contribution < -0.4 is 4.90 Å². The number of fused-ring (bicyclic) bond motifs is 2. The molecule has 1 amide bonds. The molecule has 0 spiro atoms. The molecule has 4 nitrogen and oxygen atoms in total. The van der Waals surface area contributed by atoms with Gasteiger partial charge in [0.25, 0.3) is 5.91 Å². The average Bonchev–Trinajstić information content (AvgIpc) is 2.94. The Kier molecular flexibility index (Phi) is 4.24. The van der Waals surface area contributed by atoms with Gasteiger partial charge in [-0.3, -0.25) is 4.79 Å². The normalized spacial score (nSPS) is 12.6. The maximum Gasteiger partial charge on any atom is 0.261 e. The molecule has 4 rings (SSSR count). The maximum absolute atomic E-state index is 13.1. The summed E-state index contributed by atoms with van der Waals surface area (Å²) >= 11 is 3.40. The molecule has 0 radical (unpaired) electrons. The van der Waals surface area contributed by atoms with Gasteiger partial charge in [-0.25, -0.2) is 0 Å². The monoisotopic (exact) mass is 413 g/mol. The van der Waals surface area contributed by atoms with Crippen molar-refractivity contribution in [1.82, 2.24) is 0 Å². The second-order valence-electron chi connectivity index (χ2n) is 6.21. The van der Waals surface area contributed by atoms with Crippen LogP contribution in [0.15, 0.2) is 70.7 Å². The summed E-state index contributed by atoms with van der Waals surface area (Å²) < 4.78 is 0.786. The summed E-state index contributed by atoms with van der Waals surface area (Å²) in [6.45, 7) is 0.367. The predicted octanol–water partition coefficient (Wildman–Crippen LogP) is 4.95. The summed E-state index contributed by atoms with van der Waals surface area (Å²) in [6, 6.07) is 23.3. The SMILES string of the molecule is N#CC(C#N)=C1C(=O)N(Cc2ccc3ccccc3c2)c2ccc(Br)cc21. The van der Waals surface area contributed by atoms with Crippen LogP contribution in [-0.2, 0) is 11.3 Å². The molecule has 0 aliphatic carbocycles. The lowest BCUT2D eigenvalue weighted by Gasteiger charge is -2.17. The first kappa shape index (κ1) is 17.0. The molecule has 1 aliphatic heterocycles. The van der Waals surface area contributed by atoms with Gasteiger partial charge < -0.3 is 4.90 Å². The number of hydrogen-bond acceptors (Lipinski definition) is 3. The average molecular weight is 414 g/mol. The highest BCUT2D eigenvalue weighted by Crippen LogP contribution is 2.40. The van der Waals surface area contributed by atoms with Crippen molar-refractivity contribution in [3.8, 4) is 12.1 Å². The Bertz CT molecular complexity index is 1200. The zero-order valence-corrected chi connectivity index (χ0v) is 15.7. The van der Waals surface area contributed by atoms with E-state index in [4.69, 9.17) is 0 Å². The molecule has 0 saturated carbocycles. The number of rotatable bonds is 2. The third-order valence-electron chi connectivity index (χ3n) is 4.61. The van der Waals surface area contributed by atoms with Gasteiger partial charge in [0.2, 0.25) is 0 Å². The number of anilines is 1. The Morgan fingerprint density at radius 3 is 2.44 bits per heavy atom. The lowest BCUT2D eigenvalue weighted by molar-refractivity contribution is -0.113. The summed E-state index contributed by atoms with van der Waals surface area (Å²) in [7, 11) is 0. The van der Waals surface area contributed by atoms with Crippen molar-refractivity contribution in [2.75, 3.05) is 4.90 Å². The highest BCUT2D eigenvalue weighted by molar-refractivity contribution is 9.10. The molecule has 3 aromatic rings. The number of allylic oxidation sites excluding steroid dienone is 1. The first-order valence-electron chi connectivity index (χ1n) is 8.26. The van der Waals surface area contributed by atoms with Gasteiger partial charge in [-0.2, -0.15) is 10.5 Å². The number of halogens is 1. The van der Waals surface area contributed by atoms with E-state index in [1.807, 2.05) is 60.7 Å². The number of benzene rings is 3. The van der Waals surface area contributed by atoms with Gasteiger partial charge >= 0.3 is 0 Å². The van der Waals surface area contributed by atoms with E-state index in [9.17, 15) is 15.3 Å². The molecule has 0 saturated heterocycles. The molecule has 0 fully saturated rings. The number of hydrogen-bond donors (Lipinski definition) is 0. The van der Waals surface area contributed by atoms with E-state index in [0.717, 1.165) is 20.8 Å². The van der Waals surface area contributed by atoms with Crippen LogP contribution in [0.3, 0.4) is 0 Å². The smallest absolute Gasteiger partial charge is 0.261 e. The fourth-order valence-corrected chi connectivity index (χ4v) is 3.72. The Balaban J connectivity index is 1.82. The second-order valence-corrected chi connectivity index (χ2v) is 7.12. The van der Waals surface area contributed by atoms with Crippen molar-refractivity contribution >= 4 is 43.9 Å². The van der Waals surface area contributed by atoms with E-state index in [1.54, 1.807) is 11.0 Å². The van der Waals surface area contributed by atoms with Crippen LogP contribution in [0.25, 0.3) is 16.3 Å². The number of carbonyl (C=O) groups excluding carboxylic acids is 1. The Hall–Kier alpha value is -3.41. The minimum absolute atomic E-state index is 0.164. The number of nitrogens with zero attached hydrogens (tertiary/aromatic N) is 3. The van der Waals surface area contributed by atoms with Gasteiger partial charge in [-0.05, 0) is 40.6 Å². The van der Waals surface area contributed by atoms with Crippen LogP contribution in [0.5, 0.6) is 0 Å². The van der Waals surface area contributed by atoms with Gasteiger partial charge in [0.1, 0.15) is 17.7 Å². The van der Waals surface area contributed by atoms with Crippen LogP contribution in [-0.4, -0.2) is 5.91 Å². The quantitative estimate of drug-likeness (QED) is 0.440. The molecule has 0 bridgehead atoms. The van der Waals surface area contributed by atoms with Crippen LogP contribution in [0.1, 0.15) is 11.1 Å². The van der Waals surface area contributed by atoms with Crippen LogP contribution in [0, 0.1) is 22.7 Å². The molecule has 0 aromatic heterocycles. The molecular formula is C22H12BrN3O. The molecule has 1 heterocycles. The molecule has 0 atom stereocenters. The Morgan fingerprint density at radius 2 is 1.70 bits per heavy atom. The summed E-state index contributed by atoms with van der Waals surface area (Å²) in [5, 5.41) is 20.8. The second kappa shape index (κ2) is 6.72. The van der Waals surface area contributed by atoms with Crippen molar-refractivity contribution in [1.29, 1.82) is 10.5 Å². The first-order chi connectivity index (χ1) is 13.1. The third-order valence-corrected chi connectivity index (χ3v) is 5.10. The number of carbonyl (C=O) groups is 1. The molecule has 5 heteroatoms.